The fourth-order valence-electron chi connectivity index (χ4n) is 2.03. The second-order valence-corrected chi connectivity index (χ2v) is 5.95. The summed E-state index contributed by atoms with van der Waals surface area (Å²) in [4.78, 5) is 23.6. The van der Waals surface area contributed by atoms with E-state index in [1.54, 1.807) is 20.8 Å². The Labute approximate surface area is 115 Å². The summed E-state index contributed by atoms with van der Waals surface area (Å²) in [6.45, 7) is 7.18. The molecule has 0 heterocycles. The molecule has 0 radical (unpaired) electrons. The maximum atomic E-state index is 11.9. The van der Waals surface area contributed by atoms with E-state index in [1.807, 2.05) is 6.92 Å². The van der Waals surface area contributed by atoms with Crippen molar-refractivity contribution in [1.82, 2.24) is 5.32 Å². The molecule has 1 unspecified atom stereocenters. The van der Waals surface area contributed by atoms with Gasteiger partial charge in [0.2, 0.25) is 0 Å². The van der Waals surface area contributed by atoms with Gasteiger partial charge >= 0.3 is 12.1 Å². The third-order valence-corrected chi connectivity index (χ3v) is 2.97. The van der Waals surface area contributed by atoms with Gasteiger partial charge in [-0.3, -0.25) is 0 Å². The van der Waals surface area contributed by atoms with Gasteiger partial charge in [0.25, 0.3) is 0 Å². The van der Waals surface area contributed by atoms with Crippen LogP contribution in [0.25, 0.3) is 0 Å². The fraction of sp³-hybridized carbons (Fsp3) is 0.857. The van der Waals surface area contributed by atoms with Gasteiger partial charge in [-0.2, -0.15) is 0 Å². The van der Waals surface area contributed by atoms with Crippen LogP contribution in [0.15, 0.2) is 0 Å². The van der Waals surface area contributed by atoms with E-state index in [4.69, 9.17) is 9.47 Å². The molecule has 5 heteroatoms. The van der Waals surface area contributed by atoms with E-state index in [0.29, 0.717) is 6.42 Å². The van der Waals surface area contributed by atoms with Crippen LogP contribution in [0.2, 0.25) is 0 Å². The fourth-order valence-corrected chi connectivity index (χ4v) is 2.03. The van der Waals surface area contributed by atoms with Gasteiger partial charge < -0.3 is 14.8 Å². The zero-order valence-electron chi connectivity index (χ0n) is 12.3. The summed E-state index contributed by atoms with van der Waals surface area (Å²) in [6.07, 6.45) is 3.99. The van der Waals surface area contributed by atoms with Crippen LogP contribution in [0, 0.1) is 0 Å². The van der Waals surface area contributed by atoms with Crippen molar-refractivity contribution in [2.75, 3.05) is 0 Å². The van der Waals surface area contributed by atoms with Crippen LogP contribution in [0.4, 0.5) is 4.79 Å². The lowest BCUT2D eigenvalue weighted by atomic mass is 10.2. The largest absolute Gasteiger partial charge is 0.461 e. The summed E-state index contributed by atoms with van der Waals surface area (Å²) in [7, 11) is 0. The van der Waals surface area contributed by atoms with E-state index in [1.165, 1.54) is 0 Å². The molecule has 1 rings (SSSR count). The normalized spacial score (nSPS) is 17.9. The standard InChI is InChI=1S/C14H25NO4/c1-5-11(15-13(17)19-14(2,3)4)12(16)18-10-8-6-7-9-10/h10-11H,5-9H2,1-4H3,(H,15,17). The molecule has 19 heavy (non-hydrogen) atoms. The molecular weight excluding hydrogens is 246 g/mol. The molecule has 1 fully saturated rings. The zero-order valence-corrected chi connectivity index (χ0v) is 12.3. The lowest BCUT2D eigenvalue weighted by molar-refractivity contribution is -0.151. The van der Waals surface area contributed by atoms with Crippen molar-refractivity contribution in [3.63, 3.8) is 0 Å². The summed E-state index contributed by atoms with van der Waals surface area (Å²) in [6, 6.07) is -0.629. The van der Waals surface area contributed by atoms with Crippen molar-refractivity contribution in [1.29, 1.82) is 0 Å². The van der Waals surface area contributed by atoms with Gasteiger partial charge in [0.05, 0.1) is 0 Å². The summed E-state index contributed by atoms with van der Waals surface area (Å²) in [5.74, 6) is -0.361. The molecule has 1 N–H and O–H groups in total. The number of alkyl carbamates (subject to hydrolysis) is 1. The molecule has 1 aliphatic rings. The van der Waals surface area contributed by atoms with Crippen molar-refractivity contribution in [2.45, 2.75) is 77.5 Å². The Morgan fingerprint density at radius 1 is 1.26 bits per heavy atom. The summed E-state index contributed by atoms with van der Waals surface area (Å²) < 4.78 is 10.5. The van der Waals surface area contributed by atoms with Crippen molar-refractivity contribution in [2.24, 2.45) is 0 Å². The Morgan fingerprint density at radius 3 is 2.32 bits per heavy atom. The highest BCUT2D eigenvalue weighted by Gasteiger charge is 2.27. The number of rotatable bonds is 4. The molecule has 0 saturated heterocycles. The minimum Gasteiger partial charge on any atom is -0.461 e. The maximum Gasteiger partial charge on any atom is 0.408 e. The molecule has 1 amide bonds. The van der Waals surface area contributed by atoms with Crippen LogP contribution in [-0.4, -0.2) is 29.8 Å². The highest BCUT2D eigenvalue weighted by atomic mass is 16.6. The zero-order chi connectivity index (χ0) is 14.5. The Hall–Kier alpha value is -1.26. The van der Waals surface area contributed by atoms with Crippen LogP contribution in [-0.2, 0) is 14.3 Å². The highest BCUT2D eigenvalue weighted by molar-refractivity contribution is 5.81. The quantitative estimate of drug-likeness (QED) is 0.798. The first-order chi connectivity index (χ1) is 8.81. The second kappa shape index (κ2) is 6.78. The van der Waals surface area contributed by atoms with E-state index < -0.39 is 17.7 Å². The second-order valence-electron chi connectivity index (χ2n) is 5.95. The minimum absolute atomic E-state index is 0.0157. The van der Waals surface area contributed by atoms with Gasteiger partial charge in [-0.25, -0.2) is 9.59 Å². The predicted octanol–water partition coefficient (Wildman–Crippen LogP) is 2.78. The molecule has 0 aromatic rings. The van der Waals surface area contributed by atoms with E-state index in [9.17, 15) is 9.59 Å². The third kappa shape index (κ3) is 5.94. The topological polar surface area (TPSA) is 64.6 Å². The number of hydrogen-bond donors (Lipinski definition) is 1. The first-order valence-corrected chi connectivity index (χ1v) is 7.02. The van der Waals surface area contributed by atoms with Gasteiger partial charge in [0.15, 0.2) is 0 Å². The van der Waals surface area contributed by atoms with Gasteiger partial charge in [-0.15, -0.1) is 0 Å². The first-order valence-electron chi connectivity index (χ1n) is 7.02. The maximum absolute atomic E-state index is 11.9. The third-order valence-electron chi connectivity index (χ3n) is 2.97. The molecule has 1 saturated carbocycles. The van der Waals surface area contributed by atoms with Gasteiger partial charge in [-0.1, -0.05) is 6.92 Å². The SMILES string of the molecule is CCC(NC(=O)OC(C)(C)C)C(=O)OC1CCCC1. The number of hydrogen-bond acceptors (Lipinski definition) is 4. The van der Waals surface area contributed by atoms with Crippen LogP contribution < -0.4 is 5.32 Å². The molecule has 0 bridgehead atoms. The average molecular weight is 271 g/mol. The molecule has 0 aromatic carbocycles. The molecule has 0 aromatic heterocycles. The van der Waals surface area contributed by atoms with Crippen LogP contribution in [0.1, 0.15) is 59.8 Å². The highest BCUT2D eigenvalue weighted by Crippen LogP contribution is 2.21. The van der Waals surface area contributed by atoms with Crippen molar-refractivity contribution in [3.05, 3.63) is 0 Å². The Bertz CT molecular complexity index is 316. The van der Waals surface area contributed by atoms with Gasteiger partial charge in [0.1, 0.15) is 17.7 Å². The van der Waals surface area contributed by atoms with Crippen molar-refractivity contribution < 1.29 is 19.1 Å². The molecular formula is C14H25NO4. The Balaban J connectivity index is 2.43. The smallest absolute Gasteiger partial charge is 0.408 e. The van der Waals surface area contributed by atoms with E-state index in [2.05, 4.69) is 5.32 Å². The lowest BCUT2D eigenvalue weighted by Crippen LogP contribution is -2.44. The minimum atomic E-state index is -0.629. The van der Waals surface area contributed by atoms with Crippen LogP contribution >= 0.6 is 0 Å². The predicted molar refractivity (Wildman–Crippen MR) is 71.8 cm³/mol. The van der Waals surface area contributed by atoms with Crippen LogP contribution in [0.3, 0.4) is 0 Å². The number of amides is 1. The number of ether oxygens (including phenoxy) is 2. The number of esters is 1. The molecule has 110 valence electrons. The summed E-state index contributed by atoms with van der Waals surface area (Å²) >= 11 is 0. The monoisotopic (exact) mass is 271 g/mol. The molecule has 0 aliphatic heterocycles. The molecule has 1 atom stereocenters. The van der Waals surface area contributed by atoms with Gasteiger partial charge in [0, 0.05) is 0 Å². The Morgan fingerprint density at radius 2 is 1.84 bits per heavy atom. The van der Waals surface area contributed by atoms with E-state index in [-0.39, 0.29) is 12.1 Å². The number of carbonyl (C=O) groups is 2. The lowest BCUT2D eigenvalue weighted by Gasteiger charge is -2.23. The summed E-state index contributed by atoms with van der Waals surface area (Å²) in [5.41, 5.74) is -0.572. The van der Waals surface area contributed by atoms with Crippen LogP contribution in [0.5, 0.6) is 0 Å². The summed E-state index contributed by atoms with van der Waals surface area (Å²) in [5, 5.41) is 2.56. The van der Waals surface area contributed by atoms with Gasteiger partial charge in [-0.05, 0) is 52.9 Å². The first kappa shape index (κ1) is 15.8. The van der Waals surface area contributed by atoms with E-state index >= 15 is 0 Å². The number of nitrogens with one attached hydrogen (secondary N) is 1. The molecule has 0 spiro atoms. The molecule has 5 nitrogen and oxygen atoms in total. The van der Waals surface area contributed by atoms with E-state index in [0.717, 1.165) is 25.7 Å². The number of carbonyl (C=O) groups excluding carboxylic acids is 2. The molecule has 1 aliphatic carbocycles. The Kier molecular flexibility index (Phi) is 5.63. The van der Waals surface area contributed by atoms with Crippen molar-refractivity contribution in [3.8, 4) is 0 Å². The van der Waals surface area contributed by atoms with Crippen molar-refractivity contribution >= 4 is 12.1 Å². The average Bonchev–Trinajstić information content (AvgIpc) is 2.75.